The molecular formula is C19H23ClN2O2. The number of para-hydroxylation sites is 1. The first-order chi connectivity index (χ1) is 11.5. The summed E-state index contributed by atoms with van der Waals surface area (Å²) in [4.78, 5) is 14.4. The van der Waals surface area contributed by atoms with Crippen LogP contribution in [0, 0.1) is 0 Å². The van der Waals surface area contributed by atoms with Gasteiger partial charge in [0.2, 0.25) is 0 Å². The lowest BCUT2D eigenvalue weighted by molar-refractivity contribution is -0.127. The summed E-state index contributed by atoms with van der Waals surface area (Å²) in [5.41, 5.74) is 1.16. The number of nitrogens with zero attached hydrogens (tertiary/aromatic N) is 1. The predicted molar refractivity (Wildman–Crippen MR) is 97.4 cm³/mol. The van der Waals surface area contributed by atoms with E-state index in [2.05, 4.69) is 22.3 Å². The molecule has 0 saturated carbocycles. The van der Waals surface area contributed by atoms with Crippen molar-refractivity contribution in [3.8, 4) is 5.75 Å². The number of carbonyl (C=O) groups is 1. The largest absolute Gasteiger partial charge is 0.479 e. The molecule has 0 aliphatic carbocycles. The van der Waals surface area contributed by atoms with Crippen LogP contribution < -0.4 is 10.1 Å². The molecular weight excluding hydrogens is 324 g/mol. The van der Waals surface area contributed by atoms with Gasteiger partial charge in [-0.05, 0) is 38.7 Å². The standard InChI is InChI=1S/C19H23ClN2O2/c1-14(24-18-12-8-7-11-16(18)20)19(23)21-13-17(22(2)3)15-9-5-4-6-10-15/h4-12,14,17H,13H2,1-3H3,(H,21,23). The quantitative estimate of drug-likeness (QED) is 0.834. The first kappa shape index (κ1) is 18.3. The Kier molecular flexibility index (Phi) is 6.64. The normalized spacial score (nSPS) is 13.4. The van der Waals surface area contributed by atoms with Gasteiger partial charge in [0.1, 0.15) is 5.75 Å². The van der Waals surface area contributed by atoms with Crippen molar-refractivity contribution in [2.24, 2.45) is 0 Å². The van der Waals surface area contributed by atoms with Gasteiger partial charge in [-0.2, -0.15) is 0 Å². The molecule has 0 heterocycles. The maximum atomic E-state index is 12.3. The number of hydrogen-bond donors (Lipinski definition) is 1. The van der Waals surface area contributed by atoms with Crippen LogP contribution in [0.5, 0.6) is 5.75 Å². The number of rotatable bonds is 7. The lowest BCUT2D eigenvalue weighted by Crippen LogP contribution is -2.41. The Bertz CT molecular complexity index is 661. The molecule has 0 aliphatic heterocycles. The van der Waals surface area contributed by atoms with Crippen LogP contribution in [0.1, 0.15) is 18.5 Å². The molecule has 1 amide bonds. The minimum Gasteiger partial charge on any atom is -0.479 e. The average molecular weight is 347 g/mol. The van der Waals surface area contributed by atoms with E-state index in [-0.39, 0.29) is 11.9 Å². The van der Waals surface area contributed by atoms with Crippen molar-refractivity contribution in [2.75, 3.05) is 20.6 Å². The van der Waals surface area contributed by atoms with Crippen LogP contribution in [0.3, 0.4) is 0 Å². The molecule has 0 aliphatic rings. The van der Waals surface area contributed by atoms with Crippen molar-refractivity contribution < 1.29 is 9.53 Å². The van der Waals surface area contributed by atoms with Crippen LogP contribution in [0.2, 0.25) is 5.02 Å². The van der Waals surface area contributed by atoms with Crippen molar-refractivity contribution >= 4 is 17.5 Å². The Morgan fingerprint density at radius 1 is 1.12 bits per heavy atom. The molecule has 5 heteroatoms. The zero-order valence-corrected chi connectivity index (χ0v) is 15.0. The molecule has 2 unspecified atom stereocenters. The van der Waals surface area contributed by atoms with E-state index in [1.807, 2.05) is 44.4 Å². The molecule has 0 fully saturated rings. The highest BCUT2D eigenvalue weighted by Gasteiger charge is 2.19. The molecule has 2 atom stereocenters. The first-order valence-electron chi connectivity index (χ1n) is 7.89. The van der Waals surface area contributed by atoms with Gasteiger partial charge in [0.05, 0.1) is 11.1 Å². The summed E-state index contributed by atoms with van der Waals surface area (Å²) >= 11 is 6.06. The number of nitrogens with one attached hydrogen (secondary N) is 1. The molecule has 0 saturated heterocycles. The number of amides is 1. The second-order valence-corrected chi connectivity index (χ2v) is 6.23. The number of halogens is 1. The van der Waals surface area contributed by atoms with Crippen LogP contribution in [0.15, 0.2) is 54.6 Å². The highest BCUT2D eigenvalue weighted by Crippen LogP contribution is 2.24. The lowest BCUT2D eigenvalue weighted by Gasteiger charge is -2.26. The summed E-state index contributed by atoms with van der Waals surface area (Å²) in [6.07, 6.45) is -0.622. The number of likely N-dealkylation sites (N-methyl/N-ethyl adjacent to an activating group) is 1. The lowest BCUT2D eigenvalue weighted by atomic mass is 10.1. The number of benzene rings is 2. The van der Waals surface area contributed by atoms with Crippen LogP contribution >= 0.6 is 11.6 Å². The summed E-state index contributed by atoms with van der Waals surface area (Å²) in [7, 11) is 3.99. The molecule has 0 radical (unpaired) electrons. The maximum Gasteiger partial charge on any atom is 0.260 e. The summed E-state index contributed by atoms with van der Waals surface area (Å²) in [5.74, 6) is 0.340. The number of ether oxygens (including phenoxy) is 1. The molecule has 0 aromatic heterocycles. The van der Waals surface area contributed by atoms with E-state index in [1.165, 1.54) is 0 Å². The molecule has 1 N–H and O–H groups in total. The topological polar surface area (TPSA) is 41.6 Å². The van der Waals surface area contributed by atoms with E-state index in [0.29, 0.717) is 17.3 Å². The third kappa shape index (κ3) is 4.98. The fourth-order valence-electron chi connectivity index (χ4n) is 2.40. The Balaban J connectivity index is 1.94. The summed E-state index contributed by atoms with van der Waals surface area (Å²) < 4.78 is 5.65. The highest BCUT2D eigenvalue weighted by atomic mass is 35.5. The van der Waals surface area contributed by atoms with Gasteiger partial charge in [-0.15, -0.1) is 0 Å². The summed E-state index contributed by atoms with van der Waals surface area (Å²) in [6.45, 7) is 2.22. The minimum absolute atomic E-state index is 0.0997. The minimum atomic E-state index is -0.622. The van der Waals surface area contributed by atoms with Gasteiger partial charge in [0.15, 0.2) is 6.10 Å². The smallest absolute Gasteiger partial charge is 0.260 e. The molecule has 0 bridgehead atoms. The zero-order chi connectivity index (χ0) is 17.5. The molecule has 128 valence electrons. The van der Waals surface area contributed by atoms with Gasteiger partial charge in [-0.3, -0.25) is 4.79 Å². The fourth-order valence-corrected chi connectivity index (χ4v) is 2.58. The van der Waals surface area contributed by atoms with Crippen molar-refractivity contribution in [1.29, 1.82) is 0 Å². The molecule has 2 aromatic carbocycles. The molecule has 4 nitrogen and oxygen atoms in total. The van der Waals surface area contributed by atoms with Crippen molar-refractivity contribution in [3.05, 3.63) is 65.2 Å². The summed E-state index contributed by atoms with van der Waals surface area (Å²) in [5, 5.41) is 3.45. The van der Waals surface area contributed by atoms with Crippen LogP contribution in [-0.2, 0) is 4.79 Å². The van der Waals surface area contributed by atoms with Crippen molar-refractivity contribution in [1.82, 2.24) is 10.2 Å². The number of hydrogen-bond acceptors (Lipinski definition) is 3. The monoisotopic (exact) mass is 346 g/mol. The first-order valence-corrected chi connectivity index (χ1v) is 8.27. The van der Waals surface area contributed by atoms with E-state index < -0.39 is 6.10 Å². The average Bonchev–Trinajstić information content (AvgIpc) is 2.57. The van der Waals surface area contributed by atoms with Gasteiger partial charge in [0, 0.05) is 6.54 Å². The Labute approximate surface area is 148 Å². The second kappa shape index (κ2) is 8.71. The second-order valence-electron chi connectivity index (χ2n) is 5.83. The molecule has 2 aromatic rings. The van der Waals surface area contributed by atoms with Crippen LogP contribution in [0.25, 0.3) is 0 Å². The van der Waals surface area contributed by atoms with Crippen LogP contribution in [-0.4, -0.2) is 37.6 Å². The van der Waals surface area contributed by atoms with Gasteiger partial charge in [0.25, 0.3) is 5.91 Å². The van der Waals surface area contributed by atoms with Crippen molar-refractivity contribution in [3.63, 3.8) is 0 Å². The molecule has 2 rings (SSSR count). The van der Waals surface area contributed by atoms with E-state index in [1.54, 1.807) is 19.1 Å². The predicted octanol–water partition coefficient (Wildman–Crippen LogP) is 3.53. The zero-order valence-electron chi connectivity index (χ0n) is 14.2. The SMILES string of the molecule is CC(Oc1ccccc1Cl)C(=O)NCC(c1ccccc1)N(C)C. The van der Waals surface area contributed by atoms with Crippen LogP contribution in [0.4, 0.5) is 0 Å². The van der Waals surface area contributed by atoms with E-state index in [0.717, 1.165) is 5.56 Å². The van der Waals surface area contributed by atoms with Crippen molar-refractivity contribution in [2.45, 2.75) is 19.1 Å². The molecule has 24 heavy (non-hydrogen) atoms. The third-order valence-corrected chi connectivity index (χ3v) is 4.10. The number of carbonyl (C=O) groups excluding carboxylic acids is 1. The van der Waals surface area contributed by atoms with Gasteiger partial charge in [-0.1, -0.05) is 54.1 Å². The Hall–Kier alpha value is -2.04. The highest BCUT2D eigenvalue weighted by molar-refractivity contribution is 6.32. The van der Waals surface area contributed by atoms with Gasteiger partial charge >= 0.3 is 0 Å². The van der Waals surface area contributed by atoms with Gasteiger partial charge < -0.3 is 15.0 Å². The third-order valence-electron chi connectivity index (χ3n) is 3.79. The van der Waals surface area contributed by atoms with E-state index >= 15 is 0 Å². The van der Waals surface area contributed by atoms with E-state index in [9.17, 15) is 4.79 Å². The van der Waals surface area contributed by atoms with Gasteiger partial charge in [-0.25, -0.2) is 0 Å². The summed E-state index contributed by atoms with van der Waals surface area (Å²) in [6, 6.07) is 17.3. The molecule has 0 spiro atoms. The fraction of sp³-hybridized carbons (Fsp3) is 0.316. The Morgan fingerprint density at radius 2 is 1.75 bits per heavy atom. The maximum absolute atomic E-state index is 12.3. The van der Waals surface area contributed by atoms with E-state index in [4.69, 9.17) is 16.3 Å². The Morgan fingerprint density at radius 3 is 2.38 bits per heavy atom.